The molecule has 1 aromatic carbocycles. The highest BCUT2D eigenvalue weighted by atomic mass is 32.1. The van der Waals surface area contributed by atoms with Gasteiger partial charge in [-0.3, -0.25) is 4.79 Å². The third kappa shape index (κ3) is 3.00. The number of hydrogen-bond donors (Lipinski definition) is 1. The summed E-state index contributed by atoms with van der Waals surface area (Å²) in [6, 6.07) is 4.68. The lowest BCUT2D eigenvalue weighted by Gasteiger charge is -2.30. The molecule has 1 aliphatic rings. The number of benzene rings is 1. The van der Waals surface area contributed by atoms with Crippen molar-refractivity contribution in [2.45, 2.75) is 12.7 Å². The minimum Gasteiger partial charge on any atom is -0.479 e. The molecule has 24 heavy (non-hydrogen) atoms. The quantitative estimate of drug-likeness (QED) is 0.911. The van der Waals surface area contributed by atoms with Crippen LogP contribution in [0.1, 0.15) is 15.2 Å². The predicted molar refractivity (Wildman–Crippen MR) is 85.8 cm³/mol. The van der Waals surface area contributed by atoms with Gasteiger partial charge >= 0.3 is 5.97 Å². The third-order valence-corrected chi connectivity index (χ3v) is 5.06. The van der Waals surface area contributed by atoms with E-state index in [-0.39, 0.29) is 25.7 Å². The summed E-state index contributed by atoms with van der Waals surface area (Å²) in [6.45, 7) is 0.527. The topological polar surface area (TPSA) is 76.1 Å². The Labute approximate surface area is 141 Å². The summed E-state index contributed by atoms with van der Waals surface area (Å²) in [7, 11) is 1.48. The van der Waals surface area contributed by atoms with Crippen molar-refractivity contribution in [1.82, 2.24) is 4.90 Å². The summed E-state index contributed by atoms with van der Waals surface area (Å²) in [5, 5.41) is 9.45. The Balaban J connectivity index is 1.99. The number of carboxylic acids is 1. The van der Waals surface area contributed by atoms with Gasteiger partial charge in [-0.05, 0) is 12.1 Å². The van der Waals surface area contributed by atoms with Gasteiger partial charge in [0.25, 0.3) is 5.91 Å². The van der Waals surface area contributed by atoms with Crippen LogP contribution >= 0.6 is 11.3 Å². The first-order valence-electron chi connectivity index (χ1n) is 7.35. The lowest BCUT2D eigenvalue weighted by Crippen LogP contribution is -2.48. The number of ether oxygens (including phenoxy) is 2. The van der Waals surface area contributed by atoms with Gasteiger partial charge in [0, 0.05) is 29.3 Å². The molecule has 0 unspecified atom stereocenters. The summed E-state index contributed by atoms with van der Waals surface area (Å²) in [5.74, 6) is -1.83. The van der Waals surface area contributed by atoms with Gasteiger partial charge in [0.15, 0.2) is 6.10 Å². The van der Waals surface area contributed by atoms with Crippen molar-refractivity contribution in [3.05, 3.63) is 34.5 Å². The molecule has 1 aromatic heterocycles. The van der Waals surface area contributed by atoms with Crippen molar-refractivity contribution in [2.24, 2.45) is 0 Å². The second kappa shape index (κ2) is 6.84. The van der Waals surface area contributed by atoms with Crippen LogP contribution in [0.3, 0.4) is 0 Å². The molecule has 0 aliphatic carbocycles. The Morgan fingerprint density at radius 2 is 2.29 bits per heavy atom. The zero-order chi connectivity index (χ0) is 17.3. The van der Waals surface area contributed by atoms with Crippen molar-refractivity contribution in [3.63, 3.8) is 0 Å². The number of morpholine rings is 1. The highest BCUT2D eigenvalue weighted by molar-refractivity contribution is 7.21. The molecule has 1 atom stereocenters. The molecule has 3 rings (SSSR count). The van der Waals surface area contributed by atoms with E-state index in [1.807, 2.05) is 0 Å². The van der Waals surface area contributed by atoms with E-state index < -0.39 is 17.9 Å². The smallest absolute Gasteiger partial charge is 0.334 e. The first kappa shape index (κ1) is 16.8. The summed E-state index contributed by atoms with van der Waals surface area (Å²) >= 11 is 1.19. The summed E-state index contributed by atoms with van der Waals surface area (Å²) in [4.78, 5) is 25.8. The van der Waals surface area contributed by atoms with E-state index in [9.17, 15) is 14.0 Å². The van der Waals surface area contributed by atoms with Crippen molar-refractivity contribution < 1.29 is 28.6 Å². The van der Waals surface area contributed by atoms with E-state index in [2.05, 4.69) is 0 Å². The van der Waals surface area contributed by atoms with Gasteiger partial charge in [-0.2, -0.15) is 0 Å². The van der Waals surface area contributed by atoms with Crippen LogP contribution in [0.5, 0.6) is 0 Å². The van der Waals surface area contributed by atoms with Crippen molar-refractivity contribution >= 4 is 33.3 Å². The summed E-state index contributed by atoms with van der Waals surface area (Å²) < 4.78 is 25.1. The van der Waals surface area contributed by atoms with Crippen LogP contribution in [-0.2, 0) is 20.9 Å². The molecule has 0 bridgehead atoms. The molecular formula is C16H16FNO5S. The average Bonchev–Trinajstić information content (AvgIpc) is 2.94. The average molecular weight is 353 g/mol. The number of carbonyl (C=O) groups excluding carboxylic acids is 1. The van der Waals surface area contributed by atoms with Gasteiger partial charge in [-0.15, -0.1) is 11.3 Å². The van der Waals surface area contributed by atoms with E-state index in [1.54, 1.807) is 12.1 Å². The monoisotopic (exact) mass is 353 g/mol. The minimum atomic E-state index is -1.10. The number of halogens is 1. The standard InChI is InChI=1S/C16H16FNO5S/c1-22-8-9-13-10(17)3-2-4-12(13)24-14(9)15(19)18-5-6-23-11(7-18)16(20)21/h2-4,11H,5-8H2,1H3,(H,20,21)/t11-/m1/s1. The molecule has 1 N–H and O–H groups in total. The lowest BCUT2D eigenvalue weighted by atomic mass is 10.1. The van der Waals surface area contributed by atoms with Crippen LogP contribution in [0.4, 0.5) is 4.39 Å². The Bertz CT molecular complexity index is 790. The largest absolute Gasteiger partial charge is 0.479 e. The van der Waals surface area contributed by atoms with E-state index in [0.717, 1.165) is 0 Å². The Kier molecular flexibility index (Phi) is 4.79. The van der Waals surface area contributed by atoms with Crippen molar-refractivity contribution in [2.75, 3.05) is 26.8 Å². The summed E-state index contributed by atoms with van der Waals surface area (Å²) in [6.07, 6.45) is -1.04. The lowest BCUT2D eigenvalue weighted by molar-refractivity contribution is -0.154. The van der Waals surface area contributed by atoms with Gasteiger partial charge in [0.2, 0.25) is 0 Å². The Hall–Kier alpha value is -2.03. The highest BCUT2D eigenvalue weighted by Gasteiger charge is 2.32. The van der Waals surface area contributed by atoms with Crippen LogP contribution in [0.15, 0.2) is 18.2 Å². The number of fused-ring (bicyclic) bond motifs is 1. The minimum absolute atomic E-state index is 0.0304. The normalized spacial score (nSPS) is 18.1. The molecule has 1 saturated heterocycles. The molecule has 1 aliphatic heterocycles. The molecule has 1 amide bonds. The van der Waals surface area contributed by atoms with Gasteiger partial charge in [-0.1, -0.05) is 6.07 Å². The van der Waals surface area contributed by atoms with E-state index >= 15 is 0 Å². The second-order valence-electron chi connectivity index (χ2n) is 5.40. The Morgan fingerprint density at radius 1 is 1.50 bits per heavy atom. The fourth-order valence-electron chi connectivity index (χ4n) is 2.75. The molecule has 2 heterocycles. The molecule has 8 heteroatoms. The van der Waals surface area contributed by atoms with E-state index in [0.29, 0.717) is 27.1 Å². The van der Waals surface area contributed by atoms with Crippen molar-refractivity contribution in [1.29, 1.82) is 0 Å². The van der Waals surface area contributed by atoms with Gasteiger partial charge in [0.1, 0.15) is 5.82 Å². The van der Waals surface area contributed by atoms with Crippen LogP contribution in [0, 0.1) is 5.82 Å². The molecule has 0 radical (unpaired) electrons. The molecule has 0 spiro atoms. The fourth-order valence-corrected chi connectivity index (χ4v) is 3.94. The van der Waals surface area contributed by atoms with E-state index in [1.165, 1.54) is 29.4 Å². The van der Waals surface area contributed by atoms with E-state index in [4.69, 9.17) is 14.6 Å². The second-order valence-corrected chi connectivity index (χ2v) is 6.46. The zero-order valence-electron chi connectivity index (χ0n) is 13.0. The number of carboxylic acid groups (broad SMARTS) is 1. The summed E-state index contributed by atoms with van der Waals surface area (Å²) in [5.41, 5.74) is 0.499. The molecule has 1 fully saturated rings. The number of amides is 1. The number of methoxy groups -OCH3 is 1. The third-order valence-electron chi connectivity index (χ3n) is 3.88. The number of rotatable bonds is 4. The molecule has 2 aromatic rings. The number of aliphatic carboxylic acids is 1. The number of carbonyl (C=O) groups is 2. The SMILES string of the molecule is COCc1c(C(=O)N2CCO[C@@H](C(=O)O)C2)sc2cccc(F)c12. The van der Waals surface area contributed by atoms with Crippen LogP contribution in [0.2, 0.25) is 0 Å². The number of thiophene rings is 1. The molecule has 6 nitrogen and oxygen atoms in total. The van der Waals surface area contributed by atoms with Gasteiger partial charge < -0.3 is 19.5 Å². The zero-order valence-corrected chi connectivity index (χ0v) is 13.8. The molecule has 128 valence electrons. The number of nitrogens with zero attached hydrogens (tertiary/aromatic N) is 1. The van der Waals surface area contributed by atoms with Gasteiger partial charge in [0.05, 0.1) is 24.6 Å². The first-order valence-corrected chi connectivity index (χ1v) is 8.17. The maximum absolute atomic E-state index is 14.2. The predicted octanol–water partition coefficient (Wildman–Crippen LogP) is 2.11. The number of hydrogen-bond acceptors (Lipinski definition) is 5. The van der Waals surface area contributed by atoms with Gasteiger partial charge in [-0.25, -0.2) is 9.18 Å². The highest BCUT2D eigenvalue weighted by Crippen LogP contribution is 2.34. The maximum Gasteiger partial charge on any atom is 0.334 e. The Morgan fingerprint density at radius 3 is 3.00 bits per heavy atom. The van der Waals surface area contributed by atoms with Crippen LogP contribution in [-0.4, -0.2) is 54.8 Å². The van der Waals surface area contributed by atoms with Crippen LogP contribution in [0.25, 0.3) is 10.1 Å². The molecular weight excluding hydrogens is 337 g/mol. The van der Waals surface area contributed by atoms with Crippen LogP contribution < -0.4 is 0 Å². The van der Waals surface area contributed by atoms with Crippen molar-refractivity contribution in [3.8, 4) is 0 Å². The first-order chi connectivity index (χ1) is 11.5. The maximum atomic E-state index is 14.2. The fraction of sp³-hybridized carbons (Fsp3) is 0.375. The molecule has 0 saturated carbocycles.